The Morgan fingerprint density at radius 1 is 1.44 bits per heavy atom. The quantitative estimate of drug-likeness (QED) is 0.904. The van der Waals surface area contributed by atoms with Gasteiger partial charge in [-0.15, -0.1) is 11.3 Å². The number of carboxylic acids is 1. The zero-order valence-electron chi connectivity index (χ0n) is 10.6. The molecule has 1 heterocycles. The number of carboxylic acid groups (broad SMARTS) is 1. The topological polar surface area (TPSA) is 70.5 Å². The van der Waals surface area contributed by atoms with Gasteiger partial charge in [-0.1, -0.05) is 0 Å². The van der Waals surface area contributed by atoms with Crippen LogP contribution in [0.2, 0.25) is 0 Å². The monoisotopic (exact) mass is 268 g/mol. The van der Waals surface area contributed by atoms with Crippen LogP contribution in [0.4, 0.5) is 0 Å². The lowest BCUT2D eigenvalue weighted by atomic mass is 10.2. The molecule has 1 fully saturated rings. The third kappa shape index (κ3) is 2.38. The number of amides is 1. The maximum absolute atomic E-state index is 12.4. The van der Waals surface area contributed by atoms with E-state index in [0.29, 0.717) is 10.6 Å². The number of aliphatic carboxylic acids is 1. The average Bonchev–Trinajstić information content (AvgIpc) is 3.04. The lowest BCUT2D eigenvalue weighted by Crippen LogP contribution is -2.44. The number of aromatic nitrogens is 1. The number of hydrogen-bond acceptors (Lipinski definition) is 4. The molecular weight excluding hydrogens is 252 g/mol. The Morgan fingerprint density at radius 2 is 2.06 bits per heavy atom. The molecule has 0 aromatic carbocycles. The molecule has 0 aliphatic heterocycles. The number of carbonyl (C=O) groups is 2. The molecule has 1 amide bonds. The van der Waals surface area contributed by atoms with E-state index in [1.54, 1.807) is 13.8 Å². The largest absolute Gasteiger partial charge is 0.480 e. The van der Waals surface area contributed by atoms with Crippen LogP contribution < -0.4 is 0 Å². The van der Waals surface area contributed by atoms with Crippen LogP contribution in [-0.4, -0.2) is 39.0 Å². The first kappa shape index (κ1) is 13.0. The number of hydrogen-bond donors (Lipinski definition) is 1. The fourth-order valence-corrected chi connectivity index (χ4v) is 2.84. The highest BCUT2D eigenvalue weighted by atomic mass is 32.1. The average molecular weight is 268 g/mol. The molecule has 1 aromatic heterocycles. The van der Waals surface area contributed by atoms with Gasteiger partial charge in [0, 0.05) is 6.04 Å². The van der Waals surface area contributed by atoms with Gasteiger partial charge >= 0.3 is 5.97 Å². The van der Waals surface area contributed by atoms with Gasteiger partial charge in [-0.05, 0) is 33.6 Å². The first-order chi connectivity index (χ1) is 8.41. The van der Waals surface area contributed by atoms with E-state index >= 15 is 0 Å². The summed E-state index contributed by atoms with van der Waals surface area (Å²) in [6.45, 7) is 5.19. The summed E-state index contributed by atoms with van der Waals surface area (Å²) in [5.74, 6) is -1.16. The van der Waals surface area contributed by atoms with Crippen molar-refractivity contribution in [1.82, 2.24) is 9.88 Å². The number of aryl methyl sites for hydroxylation is 2. The van der Waals surface area contributed by atoms with E-state index in [0.717, 1.165) is 17.8 Å². The normalized spacial score (nSPS) is 16.4. The predicted molar refractivity (Wildman–Crippen MR) is 67.9 cm³/mol. The predicted octanol–water partition coefficient (Wildman–Crippen LogP) is 1.84. The molecule has 1 saturated carbocycles. The number of thiazole rings is 1. The molecule has 1 atom stereocenters. The molecule has 0 spiro atoms. The Labute approximate surface area is 109 Å². The fourth-order valence-electron chi connectivity index (χ4n) is 1.98. The zero-order valence-corrected chi connectivity index (χ0v) is 11.5. The SMILES string of the molecule is Cc1nc(C)c(C(=O)N(C2CC2)C(C)C(=O)O)s1. The second-order valence-electron chi connectivity index (χ2n) is 4.61. The second kappa shape index (κ2) is 4.68. The molecule has 0 radical (unpaired) electrons. The number of nitrogens with zero attached hydrogens (tertiary/aromatic N) is 2. The minimum Gasteiger partial charge on any atom is -0.480 e. The highest BCUT2D eigenvalue weighted by Gasteiger charge is 2.39. The highest BCUT2D eigenvalue weighted by Crippen LogP contribution is 2.32. The summed E-state index contributed by atoms with van der Waals surface area (Å²) >= 11 is 1.33. The molecule has 1 aliphatic carbocycles. The van der Waals surface area contributed by atoms with Crippen LogP contribution in [0.25, 0.3) is 0 Å². The Kier molecular flexibility index (Phi) is 3.38. The molecule has 5 nitrogen and oxygen atoms in total. The van der Waals surface area contributed by atoms with Gasteiger partial charge in [0.05, 0.1) is 10.7 Å². The lowest BCUT2D eigenvalue weighted by molar-refractivity contribution is -0.141. The van der Waals surface area contributed by atoms with Crippen molar-refractivity contribution >= 4 is 23.2 Å². The highest BCUT2D eigenvalue weighted by molar-refractivity contribution is 7.13. The fraction of sp³-hybridized carbons (Fsp3) is 0.583. The van der Waals surface area contributed by atoms with Gasteiger partial charge in [0.25, 0.3) is 5.91 Å². The van der Waals surface area contributed by atoms with Crippen LogP contribution in [0.15, 0.2) is 0 Å². The van der Waals surface area contributed by atoms with Gasteiger partial charge in [0.15, 0.2) is 0 Å². The molecule has 0 saturated heterocycles. The number of rotatable bonds is 4. The summed E-state index contributed by atoms with van der Waals surface area (Å²) in [7, 11) is 0. The Hall–Kier alpha value is -1.43. The summed E-state index contributed by atoms with van der Waals surface area (Å²) in [4.78, 5) is 29.8. The van der Waals surface area contributed by atoms with E-state index in [1.165, 1.54) is 16.2 Å². The van der Waals surface area contributed by atoms with Crippen molar-refractivity contribution in [3.05, 3.63) is 15.6 Å². The van der Waals surface area contributed by atoms with Gasteiger partial charge in [-0.25, -0.2) is 9.78 Å². The van der Waals surface area contributed by atoms with Crippen molar-refractivity contribution in [2.24, 2.45) is 0 Å². The molecule has 0 bridgehead atoms. The summed E-state index contributed by atoms with van der Waals surface area (Å²) in [6, 6.07) is -0.711. The Morgan fingerprint density at radius 3 is 2.44 bits per heavy atom. The van der Waals surface area contributed by atoms with Crippen LogP contribution in [0.3, 0.4) is 0 Å². The Balaban J connectivity index is 2.29. The maximum Gasteiger partial charge on any atom is 0.326 e. The smallest absolute Gasteiger partial charge is 0.326 e. The van der Waals surface area contributed by atoms with Crippen molar-refractivity contribution in [3.8, 4) is 0 Å². The Bertz CT molecular complexity index is 494. The molecule has 1 aromatic rings. The third-order valence-electron chi connectivity index (χ3n) is 3.05. The van der Waals surface area contributed by atoms with Gasteiger partial charge < -0.3 is 10.0 Å². The van der Waals surface area contributed by atoms with E-state index in [1.807, 2.05) is 6.92 Å². The summed E-state index contributed by atoms with van der Waals surface area (Å²) in [6.07, 6.45) is 1.78. The second-order valence-corrected chi connectivity index (χ2v) is 5.81. The van der Waals surface area contributed by atoms with Gasteiger partial charge in [0.1, 0.15) is 10.9 Å². The van der Waals surface area contributed by atoms with Crippen LogP contribution in [-0.2, 0) is 4.79 Å². The number of carbonyl (C=O) groups excluding carboxylic acids is 1. The molecule has 1 N–H and O–H groups in total. The van der Waals surface area contributed by atoms with Gasteiger partial charge in [0.2, 0.25) is 0 Å². The first-order valence-electron chi connectivity index (χ1n) is 5.91. The van der Waals surface area contributed by atoms with E-state index in [4.69, 9.17) is 5.11 Å². The molecule has 98 valence electrons. The molecule has 1 aliphatic rings. The standard InChI is InChI=1S/C12H16N2O3S/c1-6-10(18-8(3)13-6)11(15)14(9-4-5-9)7(2)12(16)17/h7,9H,4-5H2,1-3H3,(H,16,17). The maximum atomic E-state index is 12.4. The molecule has 18 heavy (non-hydrogen) atoms. The summed E-state index contributed by atoms with van der Waals surface area (Å²) in [5, 5.41) is 9.92. The lowest BCUT2D eigenvalue weighted by Gasteiger charge is -2.26. The van der Waals surface area contributed by atoms with Crippen molar-refractivity contribution in [1.29, 1.82) is 0 Å². The third-order valence-corrected chi connectivity index (χ3v) is 4.11. The summed E-state index contributed by atoms with van der Waals surface area (Å²) < 4.78 is 0. The van der Waals surface area contributed by atoms with E-state index in [9.17, 15) is 9.59 Å². The minimum atomic E-state index is -0.964. The van der Waals surface area contributed by atoms with Crippen molar-refractivity contribution in [3.63, 3.8) is 0 Å². The van der Waals surface area contributed by atoms with E-state index in [2.05, 4.69) is 4.98 Å². The van der Waals surface area contributed by atoms with Crippen molar-refractivity contribution in [2.75, 3.05) is 0 Å². The zero-order chi connectivity index (χ0) is 13.4. The minimum absolute atomic E-state index is 0.0745. The van der Waals surface area contributed by atoms with Crippen LogP contribution in [0.5, 0.6) is 0 Å². The first-order valence-corrected chi connectivity index (χ1v) is 6.73. The van der Waals surface area contributed by atoms with Crippen LogP contribution in [0, 0.1) is 13.8 Å². The molecular formula is C12H16N2O3S. The molecule has 2 rings (SSSR count). The van der Waals surface area contributed by atoms with Gasteiger partial charge in [-0.3, -0.25) is 4.79 Å². The van der Waals surface area contributed by atoms with E-state index in [-0.39, 0.29) is 11.9 Å². The summed E-state index contributed by atoms with van der Waals surface area (Å²) in [5.41, 5.74) is 0.686. The van der Waals surface area contributed by atoms with Crippen molar-refractivity contribution in [2.45, 2.75) is 45.7 Å². The van der Waals surface area contributed by atoms with E-state index < -0.39 is 12.0 Å². The molecule has 1 unspecified atom stereocenters. The van der Waals surface area contributed by atoms with Crippen LogP contribution in [0.1, 0.15) is 40.1 Å². The molecule has 6 heteroatoms. The van der Waals surface area contributed by atoms with Crippen molar-refractivity contribution < 1.29 is 14.7 Å². The van der Waals surface area contributed by atoms with Gasteiger partial charge in [-0.2, -0.15) is 0 Å². The van der Waals surface area contributed by atoms with Crippen LogP contribution >= 0.6 is 11.3 Å².